The molecule has 0 radical (unpaired) electrons. The maximum atomic E-state index is 12.8. The molecule has 118 valence electrons. The van der Waals surface area contributed by atoms with E-state index in [1.54, 1.807) is 12.3 Å². The van der Waals surface area contributed by atoms with E-state index in [4.69, 9.17) is 10.5 Å². The lowest BCUT2D eigenvalue weighted by Crippen LogP contribution is -2.17. The predicted molar refractivity (Wildman–Crippen MR) is 90.1 cm³/mol. The molecule has 0 bridgehead atoms. The Labute approximate surface area is 134 Å². The molecule has 2 N–H and O–H groups in total. The van der Waals surface area contributed by atoms with E-state index in [1.807, 2.05) is 43.3 Å². The Morgan fingerprint density at radius 2 is 2.00 bits per heavy atom. The van der Waals surface area contributed by atoms with E-state index < -0.39 is 12.8 Å². The van der Waals surface area contributed by atoms with Gasteiger partial charge in [-0.1, -0.05) is 13.0 Å². The largest absolute Gasteiger partial charge is 0.488 e. The Kier molecular flexibility index (Phi) is 4.37. The van der Waals surface area contributed by atoms with Gasteiger partial charge in [0, 0.05) is 23.2 Å². The molecule has 0 aliphatic heterocycles. The Bertz CT molecular complexity index is 801. The van der Waals surface area contributed by atoms with Gasteiger partial charge < -0.3 is 10.5 Å². The van der Waals surface area contributed by atoms with Crippen LogP contribution in [0.4, 0.5) is 10.2 Å². The van der Waals surface area contributed by atoms with Gasteiger partial charge in [-0.3, -0.25) is 0 Å². The third kappa shape index (κ3) is 3.39. The van der Waals surface area contributed by atoms with Crippen molar-refractivity contribution in [2.24, 2.45) is 0 Å². The van der Waals surface area contributed by atoms with Crippen LogP contribution in [0.1, 0.15) is 13.3 Å². The van der Waals surface area contributed by atoms with Gasteiger partial charge >= 0.3 is 0 Å². The van der Waals surface area contributed by atoms with Gasteiger partial charge in [-0.05, 0) is 36.8 Å². The first-order chi connectivity index (χ1) is 11.2. The Balaban J connectivity index is 1.95. The van der Waals surface area contributed by atoms with Gasteiger partial charge in [0.05, 0.1) is 11.2 Å². The second-order valence-electron chi connectivity index (χ2n) is 5.33. The topological polar surface area (TPSA) is 61.0 Å². The summed E-state index contributed by atoms with van der Waals surface area (Å²) < 4.78 is 18.5. The van der Waals surface area contributed by atoms with Crippen molar-refractivity contribution in [3.63, 3.8) is 0 Å². The number of aromatic nitrogens is 2. The van der Waals surface area contributed by atoms with Crippen molar-refractivity contribution in [2.45, 2.75) is 19.4 Å². The molecule has 1 aromatic carbocycles. The molecule has 0 spiro atoms. The summed E-state index contributed by atoms with van der Waals surface area (Å²) in [5.41, 5.74) is 8.10. The molecule has 1 unspecified atom stereocenters. The quantitative estimate of drug-likeness (QED) is 0.773. The summed E-state index contributed by atoms with van der Waals surface area (Å²) in [4.78, 5) is 8.73. The van der Waals surface area contributed by atoms with Crippen LogP contribution in [0, 0.1) is 0 Å². The number of nitrogen functional groups attached to an aromatic ring is 1. The van der Waals surface area contributed by atoms with Crippen molar-refractivity contribution in [3.05, 3.63) is 48.7 Å². The SMILES string of the molecule is CCC(CF)Oc1ccc2ccc(-c3ccc(N)nc3)nc2c1. The molecule has 0 amide bonds. The molecule has 0 saturated carbocycles. The first kappa shape index (κ1) is 15.2. The van der Waals surface area contributed by atoms with Crippen LogP contribution in [-0.2, 0) is 0 Å². The fourth-order valence-corrected chi connectivity index (χ4v) is 2.30. The normalized spacial score (nSPS) is 12.3. The number of pyridine rings is 2. The van der Waals surface area contributed by atoms with Gasteiger partial charge in [0.15, 0.2) is 0 Å². The van der Waals surface area contributed by atoms with Crippen LogP contribution in [0.15, 0.2) is 48.7 Å². The second kappa shape index (κ2) is 6.60. The highest BCUT2D eigenvalue weighted by atomic mass is 19.1. The monoisotopic (exact) mass is 311 g/mol. The molecular weight excluding hydrogens is 293 g/mol. The molecule has 0 fully saturated rings. The van der Waals surface area contributed by atoms with E-state index in [9.17, 15) is 4.39 Å². The molecule has 2 aromatic heterocycles. The fraction of sp³-hybridized carbons (Fsp3) is 0.222. The Morgan fingerprint density at radius 3 is 2.70 bits per heavy atom. The first-order valence-corrected chi connectivity index (χ1v) is 7.55. The third-order valence-electron chi connectivity index (χ3n) is 3.68. The molecule has 0 aliphatic rings. The number of nitrogens with zero attached hydrogens (tertiary/aromatic N) is 2. The summed E-state index contributed by atoms with van der Waals surface area (Å²) >= 11 is 0. The van der Waals surface area contributed by atoms with Crippen LogP contribution in [0.2, 0.25) is 0 Å². The average Bonchev–Trinajstić information content (AvgIpc) is 2.59. The molecule has 0 aliphatic carbocycles. The number of fused-ring (bicyclic) bond motifs is 1. The van der Waals surface area contributed by atoms with Gasteiger partial charge in [-0.15, -0.1) is 0 Å². The standard InChI is InChI=1S/C18H18FN3O/c1-2-14(10-19)23-15-6-3-12-4-7-16(22-17(12)9-15)13-5-8-18(20)21-11-13/h3-9,11,14H,2,10H2,1H3,(H2,20,21). The fourth-order valence-electron chi connectivity index (χ4n) is 2.30. The summed E-state index contributed by atoms with van der Waals surface area (Å²) in [5.74, 6) is 1.10. The number of hydrogen-bond donors (Lipinski definition) is 1. The maximum Gasteiger partial charge on any atom is 0.127 e. The van der Waals surface area contributed by atoms with Crippen molar-refractivity contribution >= 4 is 16.7 Å². The van der Waals surface area contributed by atoms with E-state index in [2.05, 4.69) is 9.97 Å². The Morgan fingerprint density at radius 1 is 1.17 bits per heavy atom. The smallest absolute Gasteiger partial charge is 0.127 e. The van der Waals surface area contributed by atoms with Crippen molar-refractivity contribution in [3.8, 4) is 17.0 Å². The van der Waals surface area contributed by atoms with E-state index in [1.165, 1.54) is 0 Å². The van der Waals surface area contributed by atoms with Crippen molar-refractivity contribution in [1.29, 1.82) is 0 Å². The van der Waals surface area contributed by atoms with Crippen LogP contribution < -0.4 is 10.5 Å². The van der Waals surface area contributed by atoms with E-state index >= 15 is 0 Å². The number of rotatable bonds is 5. The van der Waals surface area contributed by atoms with Crippen LogP contribution >= 0.6 is 0 Å². The highest BCUT2D eigenvalue weighted by Gasteiger charge is 2.09. The molecule has 3 aromatic rings. The summed E-state index contributed by atoms with van der Waals surface area (Å²) in [6.07, 6.45) is 1.90. The van der Waals surface area contributed by atoms with Gasteiger partial charge in [0.25, 0.3) is 0 Å². The summed E-state index contributed by atoms with van der Waals surface area (Å²) in [5, 5.41) is 0.998. The molecule has 1 atom stereocenters. The highest BCUT2D eigenvalue weighted by molar-refractivity contribution is 5.82. The summed E-state index contributed by atoms with van der Waals surface area (Å²) in [6.45, 7) is 1.40. The zero-order chi connectivity index (χ0) is 16.2. The minimum Gasteiger partial charge on any atom is -0.488 e. The molecule has 0 saturated heterocycles. The highest BCUT2D eigenvalue weighted by Crippen LogP contribution is 2.25. The maximum absolute atomic E-state index is 12.8. The number of anilines is 1. The molecule has 5 heteroatoms. The van der Waals surface area contributed by atoms with E-state index in [0.29, 0.717) is 18.0 Å². The van der Waals surface area contributed by atoms with E-state index in [-0.39, 0.29) is 0 Å². The van der Waals surface area contributed by atoms with E-state index in [0.717, 1.165) is 22.2 Å². The van der Waals surface area contributed by atoms with Crippen molar-refractivity contribution in [1.82, 2.24) is 9.97 Å². The Hall–Kier alpha value is -2.69. The van der Waals surface area contributed by atoms with Gasteiger partial charge in [0.1, 0.15) is 24.3 Å². The average molecular weight is 311 g/mol. The molecule has 3 rings (SSSR count). The number of nitrogens with two attached hydrogens (primary N) is 1. The van der Waals surface area contributed by atoms with Crippen LogP contribution in [0.5, 0.6) is 5.75 Å². The zero-order valence-electron chi connectivity index (χ0n) is 12.9. The summed E-state index contributed by atoms with van der Waals surface area (Å²) in [6, 6.07) is 13.2. The van der Waals surface area contributed by atoms with Crippen LogP contribution in [-0.4, -0.2) is 22.7 Å². The molecular formula is C18H18FN3O. The van der Waals surface area contributed by atoms with Crippen LogP contribution in [0.3, 0.4) is 0 Å². The lowest BCUT2D eigenvalue weighted by molar-refractivity contribution is 0.160. The van der Waals surface area contributed by atoms with Gasteiger partial charge in [-0.25, -0.2) is 14.4 Å². The van der Waals surface area contributed by atoms with Gasteiger partial charge in [0.2, 0.25) is 0 Å². The first-order valence-electron chi connectivity index (χ1n) is 7.55. The minimum absolute atomic E-state index is 0.420. The second-order valence-corrected chi connectivity index (χ2v) is 5.33. The molecule has 2 heterocycles. The number of ether oxygens (including phenoxy) is 1. The van der Waals surface area contributed by atoms with Crippen LogP contribution in [0.25, 0.3) is 22.2 Å². The lowest BCUT2D eigenvalue weighted by atomic mass is 10.1. The summed E-state index contributed by atoms with van der Waals surface area (Å²) in [7, 11) is 0. The number of benzene rings is 1. The number of alkyl halides is 1. The number of hydrogen-bond acceptors (Lipinski definition) is 4. The number of halogens is 1. The molecule has 4 nitrogen and oxygen atoms in total. The predicted octanol–water partition coefficient (Wildman–Crippen LogP) is 4.01. The minimum atomic E-state index is -0.501. The lowest BCUT2D eigenvalue weighted by Gasteiger charge is -2.14. The van der Waals surface area contributed by atoms with Crippen molar-refractivity contribution in [2.75, 3.05) is 12.4 Å². The zero-order valence-corrected chi connectivity index (χ0v) is 12.9. The molecule has 23 heavy (non-hydrogen) atoms. The third-order valence-corrected chi connectivity index (χ3v) is 3.68. The van der Waals surface area contributed by atoms with Gasteiger partial charge in [-0.2, -0.15) is 0 Å². The van der Waals surface area contributed by atoms with Crippen molar-refractivity contribution < 1.29 is 9.13 Å².